The smallest absolute Gasteiger partial charge is 0.748 e. The number of ether oxygens (including phenoxy) is 1. The first-order valence-corrected chi connectivity index (χ1v) is 14.6. The molecule has 0 unspecified atom stereocenters. The summed E-state index contributed by atoms with van der Waals surface area (Å²) in [5.41, 5.74) is 0.276. The van der Waals surface area contributed by atoms with Crippen molar-refractivity contribution in [1.29, 1.82) is 0 Å². The van der Waals surface area contributed by atoms with Crippen molar-refractivity contribution in [2.75, 3.05) is 23.9 Å². The van der Waals surface area contributed by atoms with Crippen LogP contribution in [0.2, 0.25) is 0 Å². The molecule has 0 aliphatic rings. The van der Waals surface area contributed by atoms with Gasteiger partial charge in [-0.25, -0.2) is 25.3 Å². The second kappa shape index (κ2) is 14.7. The summed E-state index contributed by atoms with van der Waals surface area (Å²) in [6.07, 6.45) is -0.824. The Kier molecular flexibility index (Phi) is 14.0. The van der Waals surface area contributed by atoms with E-state index >= 15 is 0 Å². The van der Waals surface area contributed by atoms with Gasteiger partial charge in [-0.2, -0.15) is 0 Å². The molecule has 0 radical (unpaired) electrons. The van der Waals surface area contributed by atoms with E-state index < -0.39 is 65.0 Å². The summed E-state index contributed by atoms with van der Waals surface area (Å²) in [5, 5.41) is 5.83. The van der Waals surface area contributed by atoms with Crippen LogP contribution in [0.4, 0.5) is 0 Å². The summed E-state index contributed by atoms with van der Waals surface area (Å²) in [6, 6.07) is 5.80. The van der Waals surface area contributed by atoms with Crippen molar-refractivity contribution in [1.82, 2.24) is 10.6 Å². The molecule has 2 N–H and O–H groups in total. The van der Waals surface area contributed by atoms with E-state index in [4.69, 9.17) is 4.74 Å². The topological polar surface area (TPSA) is 193 Å². The fourth-order valence-corrected chi connectivity index (χ4v) is 4.11. The van der Waals surface area contributed by atoms with E-state index in [2.05, 4.69) is 23.8 Å². The van der Waals surface area contributed by atoms with Crippen LogP contribution in [0.1, 0.15) is 24.6 Å². The van der Waals surface area contributed by atoms with Gasteiger partial charge in [0, 0.05) is 16.6 Å². The standard InChI is InChI=1S/C19H26N2O10S3.Na/c1-3-32(24,25)13-17(22)20-19(21-18(23)14-33(26,27)4-2)15-7-9-16(10-8-15)31-11-5-6-12-34(28,29)30;/h3-4,7-10,19H,1-2,5-6,11-14H2,(H,20,22)(H,21,23)(H,28,29,30);/q;+1/p-1. The molecule has 2 amide bonds. The van der Waals surface area contributed by atoms with Crippen molar-refractivity contribution in [2.24, 2.45) is 0 Å². The summed E-state index contributed by atoms with van der Waals surface area (Å²) >= 11 is 0. The van der Waals surface area contributed by atoms with Crippen molar-refractivity contribution in [2.45, 2.75) is 19.0 Å². The zero-order valence-electron chi connectivity index (χ0n) is 19.0. The second-order valence-corrected chi connectivity index (χ2v) is 12.3. The molecule has 12 nitrogen and oxygen atoms in total. The van der Waals surface area contributed by atoms with Gasteiger partial charge in [0.15, 0.2) is 19.7 Å². The molecular weight excluding hydrogens is 535 g/mol. The molecule has 0 aromatic heterocycles. The normalized spacial score (nSPS) is 11.7. The second-order valence-electron chi connectivity index (χ2n) is 6.90. The number of sulfone groups is 2. The van der Waals surface area contributed by atoms with Gasteiger partial charge < -0.3 is 19.9 Å². The number of hydrogen-bond donors (Lipinski definition) is 2. The first kappa shape index (κ1) is 33.2. The molecule has 0 aliphatic carbocycles. The number of benzene rings is 1. The van der Waals surface area contributed by atoms with Gasteiger partial charge in [0.25, 0.3) is 0 Å². The van der Waals surface area contributed by atoms with Crippen LogP contribution in [0.25, 0.3) is 0 Å². The van der Waals surface area contributed by atoms with E-state index in [1.54, 1.807) is 0 Å². The zero-order valence-corrected chi connectivity index (χ0v) is 23.5. The molecule has 0 saturated heterocycles. The van der Waals surface area contributed by atoms with E-state index in [0.29, 0.717) is 23.0 Å². The van der Waals surface area contributed by atoms with Crippen LogP contribution < -0.4 is 44.9 Å². The third-order valence-electron chi connectivity index (χ3n) is 4.05. The number of amides is 2. The van der Waals surface area contributed by atoms with Crippen LogP contribution in [0.3, 0.4) is 0 Å². The van der Waals surface area contributed by atoms with Gasteiger partial charge in [-0.05, 0) is 30.5 Å². The largest absolute Gasteiger partial charge is 1.00 e. The van der Waals surface area contributed by atoms with Crippen LogP contribution in [-0.2, 0) is 39.4 Å². The molecule has 0 bridgehead atoms. The quantitative estimate of drug-likeness (QED) is 0.0952. The van der Waals surface area contributed by atoms with Crippen molar-refractivity contribution in [3.63, 3.8) is 0 Å². The molecule has 0 saturated carbocycles. The number of hydrogen-bond acceptors (Lipinski definition) is 10. The van der Waals surface area contributed by atoms with Crippen LogP contribution in [0, 0.1) is 0 Å². The Morgan fingerprint density at radius 3 is 1.74 bits per heavy atom. The fourth-order valence-electron chi connectivity index (χ4n) is 2.42. The Morgan fingerprint density at radius 2 is 1.34 bits per heavy atom. The van der Waals surface area contributed by atoms with Gasteiger partial charge in [-0.1, -0.05) is 25.3 Å². The van der Waals surface area contributed by atoms with E-state index in [1.165, 1.54) is 24.3 Å². The molecule has 0 aliphatic heterocycles. The monoisotopic (exact) mass is 560 g/mol. The minimum Gasteiger partial charge on any atom is -0.748 e. The van der Waals surface area contributed by atoms with Gasteiger partial charge in [0.2, 0.25) is 11.8 Å². The van der Waals surface area contributed by atoms with E-state index in [9.17, 15) is 39.4 Å². The molecule has 1 rings (SSSR count). The third-order valence-corrected chi connectivity index (χ3v) is 7.19. The summed E-state index contributed by atoms with van der Waals surface area (Å²) in [6.45, 7) is 6.34. The molecule has 1 aromatic carbocycles. The number of rotatable bonds is 15. The summed E-state index contributed by atoms with van der Waals surface area (Å²) in [5.74, 6) is -3.95. The first-order chi connectivity index (χ1) is 15.7. The van der Waals surface area contributed by atoms with Crippen LogP contribution >= 0.6 is 0 Å². The molecule has 0 fully saturated rings. The maximum Gasteiger partial charge on any atom is 1.00 e. The zero-order chi connectivity index (χ0) is 26.0. The molecular formula is C19H25N2NaO10S3. The van der Waals surface area contributed by atoms with Crippen molar-refractivity contribution < 1.29 is 73.7 Å². The minimum atomic E-state index is -4.29. The fraction of sp³-hybridized carbons (Fsp3) is 0.368. The number of unbranched alkanes of at least 4 members (excludes halogenated alkanes) is 1. The predicted molar refractivity (Wildman–Crippen MR) is 123 cm³/mol. The molecule has 1 aromatic rings. The van der Waals surface area contributed by atoms with Gasteiger partial charge in [-0.3, -0.25) is 9.59 Å². The number of nitrogens with one attached hydrogen (secondary N) is 2. The van der Waals surface area contributed by atoms with Gasteiger partial charge in [0.05, 0.1) is 16.7 Å². The van der Waals surface area contributed by atoms with E-state index in [1.807, 2.05) is 0 Å². The molecule has 16 heteroatoms. The van der Waals surface area contributed by atoms with Crippen molar-refractivity contribution >= 4 is 41.6 Å². The summed E-state index contributed by atoms with van der Waals surface area (Å²) < 4.78 is 83.5. The number of carbonyl (C=O) groups is 2. The number of carbonyl (C=O) groups excluding carboxylic acids is 2. The molecule has 35 heavy (non-hydrogen) atoms. The Balaban J connectivity index is 0.0000116. The van der Waals surface area contributed by atoms with Crippen LogP contribution in [0.15, 0.2) is 48.2 Å². The van der Waals surface area contributed by atoms with Gasteiger partial charge in [-0.15, -0.1) is 0 Å². The maximum atomic E-state index is 12.2. The predicted octanol–water partition coefficient (Wildman–Crippen LogP) is -3.26. The molecule has 0 heterocycles. The molecule has 0 spiro atoms. The molecule has 190 valence electrons. The van der Waals surface area contributed by atoms with Crippen molar-refractivity contribution in [3.8, 4) is 5.75 Å². The van der Waals surface area contributed by atoms with Crippen LogP contribution in [-0.4, -0.2) is 65.5 Å². The summed E-state index contributed by atoms with van der Waals surface area (Å²) in [4.78, 5) is 24.3. The maximum absolute atomic E-state index is 12.2. The Bertz CT molecular complexity index is 1160. The summed E-state index contributed by atoms with van der Waals surface area (Å²) in [7, 11) is -12.1. The van der Waals surface area contributed by atoms with Gasteiger partial charge in [0.1, 0.15) is 23.4 Å². The van der Waals surface area contributed by atoms with Crippen molar-refractivity contribution in [3.05, 3.63) is 53.8 Å². The first-order valence-electron chi connectivity index (χ1n) is 9.62. The van der Waals surface area contributed by atoms with E-state index in [-0.39, 0.29) is 48.1 Å². The third kappa shape index (κ3) is 14.4. The average Bonchev–Trinajstić information content (AvgIpc) is 2.72. The Labute approximate surface area is 227 Å². The Hall–Kier alpha value is -1.75. The SMILES string of the molecule is C=CS(=O)(=O)CC(=O)NC(NC(=O)CS(=O)(=O)C=C)c1ccc(OCCCCS(=O)(=O)[O-])cc1.[Na+]. The average molecular weight is 561 g/mol. The Morgan fingerprint density at radius 1 is 0.886 bits per heavy atom. The van der Waals surface area contributed by atoms with Crippen LogP contribution in [0.5, 0.6) is 5.75 Å². The molecule has 0 atom stereocenters. The van der Waals surface area contributed by atoms with Gasteiger partial charge >= 0.3 is 29.6 Å². The minimum absolute atomic E-state index is 0. The van der Waals surface area contributed by atoms with E-state index in [0.717, 1.165) is 0 Å².